The standard InChI is InChI=1S/C62H47BN2OS/c1-5-18-42(19-6-1)44-32-36-48(37-33-44)64-56-30-17-31-57-60(56)63(54-40-58(66-61(54)64)52-28-15-13-26-50(52)46-22-9-3-10-23-46)55-41-59(53-29-16-14-27-51(53)47-24-11-4-12-25-47)67-62(55)65(57)49-38-34-45(35-39-49)43-20-7-2-8-21-43/h1-39,41,54-55,58,61-62H,40H2. The molecule has 0 aromatic heterocycles. The largest absolute Gasteiger partial charge is 0.351 e. The minimum atomic E-state index is -0.180. The van der Waals surface area contributed by atoms with Gasteiger partial charge in [0.25, 0.3) is 0 Å². The average molecular weight is 879 g/mol. The van der Waals surface area contributed by atoms with Gasteiger partial charge < -0.3 is 14.5 Å². The van der Waals surface area contributed by atoms with E-state index in [0.29, 0.717) is 0 Å². The van der Waals surface area contributed by atoms with Crippen LogP contribution in [-0.4, -0.2) is 18.3 Å². The molecular weight excluding hydrogens is 832 g/mol. The van der Waals surface area contributed by atoms with Crippen molar-refractivity contribution in [2.24, 2.45) is 0 Å². The summed E-state index contributed by atoms with van der Waals surface area (Å²) in [6, 6.07) is 86.6. The van der Waals surface area contributed by atoms with Gasteiger partial charge in [0.05, 0.1) is 11.5 Å². The molecule has 1 fully saturated rings. The van der Waals surface area contributed by atoms with Crippen LogP contribution in [0.5, 0.6) is 0 Å². The van der Waals surface area contributed by atoms with E-state index in [-0.39, 0.29) is 36.1 Å². The molecule has 1 saturated heterocycles. The number of nitrogens with zero attached hydrogens (tertiary/aromatic N) is 2. The molecule has 0 spiro atoms. The van der Waals surface area contributed by atoms with Crippen LogP contribution in [0.15, 0.2) is 243 Å². The van der Waals surface area contributed by atoms with Gasteiger partial charge in [-0.05, 0) is 116 Å². The van der Waals surface area contributed by atoms with E-state index >= 15 is 0 Å². The van der Waals surface area contributed by atoms with Gasteiger partial charge in [0, 0.05) is 27.7 Å². The zero-order valence-electron chi connectivity index (χ0n) is 37.0. The minimum absolute atomic E-state index is 0.0893. The first kappa shape index (κ1) is 40.0. The maximum atomic E-state index is 7.64. The number of hydrogen-bond donors (Lipinski definition) is 0. The third-order valence-electron chi connectivity index (χ3n) is 14.5. The third-order valence-corrected chi connectivity index (χ3v) is 15.9. The summed E-state index contributed by atoms with van der Waals surface area (Å²) in [6.07, 6.45) is 3.29. The number of ether oxygens (including phenoxy) is 1. The maximum Gasteiger partial charge on any atom is 0.199 e. The zero-order valence-corrected chi connectivity index (χ0v) is 37.8. The molecule has 5 atom stereocenters. The lowest BCUT2D eigenvalue weighted by Crippen LogP contribution is -2.60. The van der Waals surface area contributed by atoms with Crippen LogP contribution in [0.4, 0.5) is 22.7 Å². The SMILES string of the molecule is C1=C(c2ccccc2-c2ccccc2)SC2C1B1c3c(cccc3N2c2ccc(-c3ccccc3)cc2)N(c2ccc(-c3ccccc3)cc2)C2OC(c3ccccc3-c3ccccc3)CC12. The van der Waals surface area contributed by atoms with Gasteiger partial charge in [-0.15, -0.1) is 11.8 Å². The summed E-state index contributed by atoms with van der Waals surface area (Å²) in [5, 5.41) is 0.127. The van der Waals surface area contributed by atoms with Crippen molar-refractivity contribution in [3.05, 3.63) is 254 Å². The molecule has 0 bridgehead atoms. The summed E-state index contributed by atoms with van der Waals surface area (Å²) in [4.78, 5) is 6.56. The summed E-state index contributed by atoms with van der Waals surface area (Å²) >= 11 is 2.03. The second kappa shape index (κ2) is 16.8. The van der Waals surface area contributed by atoms with Gasteiger partial charge in [-0.3, -0.25) is 0 Å². The van der Waals surface area contributed by atoms with Crippen molar-refractivity contribution >= 4 is 51.6 Å². The van der Waals surface area contributed by atoms with Gasteiger partial charge in [-0.25, -0.2) is 0 Å². The van der Waals surface area contributed by atoms with E-state index in [0.717, 1.165) is 12.1 Å². The molecule has 13 rings (SSSR count). The lowest BCUT2D eigenvalue weighted by molar-refractivity contribution is 0.0483. The van der Waals surface area contributed by atoms with Crippen LogP contribution in [0.2, 0.25) is 11.6 Å². The first-order valence-corrected chi connectivity index (χ1v) is 24.5. The van der Waals surface area contributed by atoms with Gasteiger partial charge in [0.1, 0.15) is 6.23 Å². The highest BCUT2D eigenvalue weighted by molar-refractivity contribution is 8.09. The predicted molar refractivity (Wildman–Crippen MR) is 283 cm³/mol. The second-order valence-electron chi connectivity index (χ2n) is 18.2. The molecule has 4 heterocycles. The fourth-order valence-electron chi connectivity index (χ4n) is 11.6. The predicted octanol–water partition coefficient (Wildman–Crippen LogP) is 15.7. The molecule has 9 aromatic carbocycles. The Balaban J connectivity index is 0.997. The Labute approximate surface area is 398 Å². The molecule has 0 aliphatic carbocycles. The first-order valence-electron chi connectivity index (χ1n) is 23.6. The van der Waals surface area contributed by atoms with E-state index in [1.165, 1.54) is 83.1 Å². The molecule has 320 valence electrons. The fourth-order valence-corrected chi connectivity index (χ4v) is 13.1. The highest BCUT2D eigenvalue weighted by Gasteiger charge is 2.59. The molecule has 4 aliphatic heterocycles. The van der Waals surface area contributed by atoms with Crippen molar-refractivity contribution < 1.29 is 4.74 Å². The highest BCUT2D eigenvalue weighted by Crippen LogP contribution is 2.61. The third kappa shape index (κ3) is 6.96. The van der Waals surface area contributed by atoms with Crippen LogP contribution in [0.1, 0.15) is 23.7 Å². The smallest absolute Gasteiger partial charge is 0.199 e. The fraction of sp³-hybridized carbons (Fsp3) is 0.0968. The van der Waals surface area contributed by atoms with Crippen LogP contribution < -0.4 is 15.3 Å². The van der Waals surface area contributed by atoms with Crippen LogP contribution in [0.3, 0.4) is 0 Å². The molecule has 0 amide bonds. The van der Waals surface area contributed by atoms with Crippen molar-refractivity contribution in [1.82, 2.24) is 0 Å². The van der Waals surface area contributed by atoms with Crippen molar-refractivity contribution in [2.75, 3.05) is 9.80 Å². The quantitative estimate of drug-likeness (QED) is 0.141. The van der Waals surface area contributed by atoms with Crippen molar-refractivity contribution in [1.29, 1.82) is 0 Å². The molecular formula is C62H47BN2OS. The number of benzene rings is 9. The minimum Gasteiger partial charge on any atom is -0.351 e. The summed E-state index contributed by atoms with van der Waals surface area (Å²) in [5.74, 6) is 0.403. The van der Waals surface area contributed by atoms with Gasteiger partial charge in [-0.2, -0.15) is 0 Å². The Kier molecular flexibility index (Phi) is 10.1. The lowest BCUT2D eigenvalue weighted by atomic mass is 9.27. The van der Waals surface area contributed by atoms with Crippen LogP contribution >= 0.6 is 11.8 Å². The average Bonchev–Trinajstić information content (AvgIpc) is 4.06. The molecule has 9 aromatic rings. The van der Waals surface area contributed by atoms with Gasteiger partial charge >= 0.3 is 0 Å². The number of fused-ring (bicyclic) bond motifs is 4. The molecule has 67 heavy (non-hydrogen) atoms. The number of thioether (sulfide) groups is 1. The molecule has 3 nitrogen and oxygen atoms in total. The summed E-state index contributed by atoms with van der Waals surface area (Å²) in [6.45, 7) is 0.212. The van der Waals surface area contributed by atoms with Crippen LogP contribution in [-0.2, 0) is 4.74 Å². The van der Waals surface area contributed by atoms with Crippen molar-refractivity contribution in [2.45, 2.75) is 35.8 Å². The molecule has 0 saturated carbocycles. The van der Waals surface area contributed by atoms with Gasteiger partial charge in [0.15, 0.2) is 6.71 Å². The lowest BCUT2D eigenvalue weighted by Gasteiger charge is -2.51. The van der Waals surface area contributed by atoms with Crippen molar-refractivity contribution in [3.8, 4) is 44.5 Å². The Hall–Kier alpha value is -7.31. The first-order chi connectivity index (χ1) is 33.2. The van der Waals surface area contributed by atoms with E-state index < -0.39 is 0 Å². The Bertz CT molecular complexity index is 3250. The Morgan fingerprint density at radius 1 is 0.418 bits per heavy atom. The number of hydrogen-bond acceptors (Lipinski definition) is 4. The normalized spacial score (nSPS) is 20.2. The molecule has 5 heteroatoms. The Morgan fingerprint density at radius 2 is 0.881 bits per heavy atom. The number of rotatable bonds is 8. The van der Waals surface area contributed by atoms with Crippen LogP contribution in [0.25, 0.3) is 49.4 Å². The monoisotopic (exact) mass is 878 g/mol. The summed E-state index contributed by atoms with van der Waals surface area (Å²) in [7, 11) is 0. The van der Waals surface area contributed by atoms with E-state index in [2.05, 4.69) is 252 Å². The summed E-state index contributed by atoms with van der Waals surface area (Å²) < 4.78 is 7.64. The van der Waals surface area contributed by atoms with E-state index in [4.69, 9.17) is 4.74 Å². The van der Waals surface area contributed by atoms with E-state index in [1.807, 2.05) is 11.8 Å². The van der Waals surface area contributed by atoms with Gasteiger partial charge in [-0.1, -0.05) is 206 Å². The zero-order chi connectivity index (χ0) is 44.3. The maximum absolute atomic E-state index is 7.64. The van der Waals surface area contributed by atoms with E-state index in [1.54, 1.807) is 0 Å². The van der Waals surface area contributed by atoms with E-state index in [9.17, 15) is 0 Å². The van der Waals surface area contributed by atoms with Crippen molar-refractivity contribution in [3.63, 3.8) is 0 Å². The van der Waals surface area contributed by atoms with Gasteiger partial charge in [0.2, 0.25) is 0 Å². The topological polar surface area (TPSA) is 15.7 Å². The molecule has 5 unspecified atom stereocenters. The summed E-state index contributed by atoms with van der Waals surface area (Å²) in [5.41, 5.74) is 18.7. The molecule has 0 radical (unpaired) electrons. The highest BCUT2D eigenvalue weighted by atomic mass is 32.2. The molecule has 0 N–H and O–H groups in total. The second-order valence-corrected chi connectivity index (χ2v) is 19.4. The van der Waals surface area contributed by atoms with Crippen LogP contribution in [0, 0.1) is 0 Å². The Morgan fingerprint density at radius 3 is 1.48 bits per heavy atom. The molecule has 4 aliphatic rings. The number of anilines is 4.